The van der Waals surface area contributed by atoms with Gasteiger partial charge in [0.25, 0.3) is 0 Å². The molecule has 0 spiro atoms. The number of aryl methyl sites for hydroxylation is 3. The third-order valence-electron chi connectivity index (χ3n) is 2.63. The lowest BCUT2D eigenvalue weighted by molar-refractivity contribution is 1.02. The van der Waals surface area contributed by atoms with Crippen LogP contribution < -0.4 is 5.32 Å². The minimum absolute atomic E-state index is 0.655. The minimum Gasteiger partial charge on any atom is -0.364 e. The second-order valence-electron chi connectivity index (χ2n) is 4.11. The number of hydrogen-bond acceptors (Lipinski definition) is 5. The highest BCUT2D eigenvalue weighted by atomic mass is 32.1. The summed E-state index contributed by atoms with van der Waals surface area (Å²) in [5, 5.41) is 15.3. The lowest BCUT2D eigenvalue weighted by Crippen LogP contribution is -2.04. The van der Waals surface area contributed by atoms with Crippen molar-refractivity contribution >= 4 is 17.2 Å². The van der Waals surface area contributed by atoms with Gasteiger partial charge in [0.05, 0.1) is 28.5 Å². The predicted octanol–water partition coefficient (Wildman–Crippen LogP) is 2.95. The normalized spacial score (nSPS) is 10.1. The average Bonchev–Trinajstić information content (AvgIpc) is 2.72. The maximum absolute atomic E-state index is 8.98. The number of nitrogens with zero attached hydrogens (tertiary/aromatic N) is 3. The predicted molar refractivity (Wildman–Crippen MR) is 72.6 cm³/mol. The summed E-state index contributed by atoms with van der Waals surface area (Å²) in [4.78, 5) is 8.75. The van der Waals surface area contributed by atoms with Crippen LogP contribution in [-0.2, 0) is 6.54 Å². The van der Waals surface area contributed by atoms with Crippen molar-refractivity contribution in [2.24, 2.45) is 0 Å². The summed E-state index contributed by atoms with van der Waals surface area (Å²) in [6.45, 7) is 6.42. The van der Waals surface area contributed by atoms with E-state index in [0.29, 0.717) is 12.1 Å². The Morgan fingerprint density at radius 1 is 1.33 bits per heavy atom. The molecule has 0 atom stereocenters. The van der Waals surface area contributed by atoms with E-state index in [4.69, 9.17) is 5.26 Å². The van der Waals surface area contributed by atoms with E-state index >= 15 is 0 Å². The summed E-state index contributed by atoms with van der Waals surface area (Å²) < 4.78 is 0. The standard InChI is InChI=1S/C13H14N4S/c1-8-4-13(16-9(2)12(8)5-14)15-6-11-7-18-10(3)17-11/h4,7H,6H2,1-3H3,(H,15,16). The number of nitrogens with one attached hydrogen (secondary N) is 1. The Bertz CT molecular complexity index is 587. The van der Waals surface area contributed by atoms with E-state index in [2.05, 4.69) is 21.4 Å². The highest BCUT2D eigenvalue weighted by molar-refractivity contribution is 7.09. The molecule has 0 aliphatic carbocycles. The molecule has 0 radical (unpaired) electrons. The highest BCUT2D eigenvalue weighted by Crippen LogP contribution is 2.16. The van der Waals surface area contributed by atoms with Crippen molar-refractivity contribution in [2.45, 2.75) is 27.3 Å². The van der Waals surface area contributed by atoms with Crippen LogP contribution in [0.5, 0.6) is 0 Å². The number of aromatic nitrogens is 2. The first-order valence-electron chi connectivity index (χ1n) is 5.63. The van der Waals surface area contributed by atoms with Crippen LogP contribution in [0.3, 0.4) is 0 Å². The van der Waals surface area contributed by atoms with Crippen molar-refractivity contribution < 1.29 is 0 Å². The van der Waals surface area contributed by atoms with Crippen molar-refractivity contribution in [1.29, 1.82) is 5.26 Å². The number of anilines is 1. The Morgan fingerprint density at radius 3 is 2.67 bits per heavy atom. The fourth-order valence-corrected chi connectivity index (χ4v) is 2.37. The topological polar surface area (TPSA) is 61.6 Å². The number of hydrogen-bond donors (Lipinski definition) is 1. The Morgan fingerprint density at radius 2 is 2.11 bits per heavy atom. The van der Waals surface area contributed by atoms with Gasteiger partial charge >= 0.3 is 0 Å². The third-order valence-corrected chi connectivity index (χ3v) is 3.45. The van der Waals surface area contributed by atoms with Crippen LogP contribution in [0, 0.1) is 32.1 Å². The average molecular weight is 258 g/mol. The summed E-state index contributed by atoms with van der Waals surface area (Å²) in [5.41, 5.74) is 3.38. The molecule has 2 aromatic rings. The van der Waals surface area contributed by atoms with Gasteiger partial charge in [-0.25, -0.2) is 9.97 Å². The molecule has 0 saturated carbocycles. The number of rotatable bonds is 3. The maximum atomic E-state index is 8.98. The second kappa shape index (κ2) is 5.15. The fourth-order valence-electron chi connectivity index (χ4n) is 1.76. The molecule has 2 rings (SSSR count). The maximum Gasteiger partial charge on any atom is 0.126 e. The Labute approximate surface area is 110 Å². The largest absolute Gasteiger partial charge is 0.364 e. The summed E-state index contributed by atoms with van der Waals surface area (Å²) >= 11 is 1.64. The van der Waals surface area contributed by atoms with E-state index < -0.39 is 0 Å². The number of thiazole rings is 1. The molecule has 1 N–H and O–H groups in total. The van der Waals surface area contributed by atoms with Crippen LogP contribution in [0.4, 0.5) is 5.82 Å². The zero-order chi connectivity index (χ0) is 13.1. The summed E-state index contributed by atoms with van der Waals surface area (Å²) in [7, 11) is 0. The smallest absolute Gasteiger partial charge is 0.126 e. The summed E-state index contributed by atoms with van der Waals surface area (Å²) in [5.74, 6) is 0.787. The zero-order valence-corrected chi connectivity index (χ0v) is 11.4. The van der Waals surface area contributed by atoms with E-state index in [9.17, 15) is 0 Å². The molecule has 0 aromatic carbocycles. The second-order valence-corrected chi connectivity index (χ2v) is 5.17. The Hall–Kier alpha value is -1.93. The molecule has 2 heterocycles. The lowest BCUT2D eigenvalue weighted by Gasteiger charge is -2.08. The van der Waals surface area contributed by atoms with Gasteiger partial charge in [-0.1, -0.05) is 0 Å². The van der Waals surface area contributed by atoms with Crippen LogP contribution in [0.25, 0.3) is 0 Å². The number of pyridine rings is 1. The Balaban J connectivity index is 2.13. The minimum atomic E-state index is 0.655. The summed E-state index contributed by atoms with van der Waals surface area (Å²) in [6, 6.07) is 4.06. The van der Waals surface area contributed by atoms with E-state index in [1.165, 1.54) is 0 Å². The molecular formula is C13H14N4S. The molecule has 92 valence electrons. The monoisotopic (exact) mass is 258 g/mol. The molecule has 0 aliphatic heterocycles. The number of nitriles is 1. The van der Waals surface area contributed by atoms with Gasteiger partial charge in [0, 0.05) is 5.38 Å². The molecule has 0 fully saturated rings. The van der Waals surface area contributed by atoms with E-state index in [1.807, 2.05) is 32.2 Å². The van der Waals surface area contributed by atoms with Crippen LogP contribution in [0.1, 0.15) is 27.5 Å². The molecule has 2 aromatic heterocycles. The molecule has 0 bridgehead atoms. The molecule has 0 amide bonds. The third kappa shape index (κ3) is 2.66. The first kappa shape index (κ1) is 12.5. The first-order valence-corrected chi connectivity index (χ1v) is 6.51. The SMILES string of the molecule is Cc1nc(CNc2cc(C)c(C#N)c(C)n2)cs1. The van der Waals surface area contributed by atoms with Gasteiger partial charge in [0.15, 0.2) is 0 Å². The van der Waals surface area contributed by atoms with E-state index in [1.54, 1.807) is 11.3 Å². The van der Waals surface area contributed by atoms with Crippen molar-refractivity contribution in [3.05, 3.63) is 39.0 Å². The molecule has 0 saturated heterocycles. The summed E-state index contributed by atoms with van der Waals surface area (Å²) in [6.07, 6.45) is 0. The zero-order valence-electron chi connectivity index (χ0n) is 10.6. The molecule has 4 nitrogen and oxygen atoms in total. The van der Waals surface area contributed by atoms with Gasteiger partial charge in [0.2, 0.25) is 0 Å². The first-order chi connectivity index (χ1) is 8.60. The highest BCUT2D eigenvalue weighted by Gasteiger charge is 2.06. The molecule has 18 heavy (non-hydrogen) atoms. The van der Waals surface area contributed by atoms with Crippen LogP contribution >= 0.6 is 11.3 Å². The molecular weight excluding hydrogens is 244 g/mol. The lowest BCUT2D eigenvalue weighted by atomic mass is 10.1. The van der Waals surface area contributed by atoms with Crippen molar-refractivity contribution in [3.8, 4) is 6.07 Å². The quantitative estimate of drug-likeness (QED) is 0.919. The van der Waals surface area contributed by atoms with Gasteiger partial charge in [-0.3, -0.25) is 0 Å². The van der Waals surface area contributed by atoms with Gasteiger partial charge in [-0.05, 0) is 32.4 Å². The van der Waals surface area contributed by atoms with Gasteiger partial charge in [-0.15, -0.1) is 11.3 Å². The van der Waals surface area contributed by atoms with Gasteiger partial charge in [0.1, 0.15) is 11.9 Å². The van der Waals surface area contributed by atoms with Crippen LogP contribution in [0.2, 0.25) is 0 Å². The van der Waals surface area contributed by atoms with Crippen molar-refractivity contribution in [2.75, 3.05) is 5.32 Å². The van der Waals surface area contributed by atoms with Crippen molar-refractivity contribution in [1.82, 2.24) is 9.97 Å². The molecule has 5 heteroatoms. The Kier molecular flexibility index (Phi) is 3.58. The van der Waals surface area contributed by atoms with E-state index in [0.717, 1.165) is 27.8 Å². The van der Waals surface area contributed by atoms with Gasteiger partial charge in [-0.2, -0.15) is 5.26 Å². The van der Waals surface area contributed by atoms with Gasteiger partial charge < -0.3 is 5.32 Å². The fraction of sp³-hybridized carbons (Fsp3) is 0.308. The van der Waals surface area contributed by atoms with Crippen LogP contribution in [-0.4, -0.2) is 9.97 Å². The molecule has 0 unspecified atom stereocenters. The molecule has 0 aliphatic rings. The van der Waals surface area contributed by atoms with Crippen molar-refractivity contribution in [3.63, 3.8) is 0 Å². The van der Waals surface area contributed by atoms with E-state index in [-0.39, 0.29) is 0 Å². The van der Waals surface area contributed by atoms with Crippen LogP contribution in [0.15, 0.2) is 11.4 Å².